The van der Waals surface area contributed by atoms with E-state index in [0.29, 0.717) is 0 Å². The molecule has 0 saturated heterocycles. The second-order valence-corrected chi connectivity index (χ2v) is 12.7. The van der Waals surface area contributed by atoms with Gasteiger partial charge in [-0.05, 0) is 77.3 Å². The minimum Gasteiger partial charge on any atom is -0.481 e. The Morgan fingerprint density at radius 1 is 0.391 bits per heavy atom. The number of rotatable bonds is 33. The fourth-order valence-corrected chi connectivity index (χ4v) is 5.00. The van der Waals surface area contributed by atoms with Gasteiger partial charge in [-0.1, -0.05) is 154 Å². The molecule has 0 bridgehead atoms. The van der Waals surface area contributed by atoms with E-state index in [4.69, 9.17) is 21.7 Å². The van der Waals surface area contributed by atoms with E-state index in [1.807, 2.05) is 0 Å². The summed E-state index contributed by atoms with van der Waals surface area (Å²) in [4.78, 5) is 19.3. The first-order chi connectivity index (χ1) is 22.5. The number of allylic oxidation sites excluding steroid dienone is 4. The maximum atomic E-state index is 9.64. The first kappa shape index (κ1) is 48.7. The van der Waals surface area contributed by atoms with Gasteiger partial charge in [0, 0.05) is 0 Å². The Kier molecular flexibility index (Phi) is 50.6. The molecule has 274 valence electrons. The topological polar surface area (TPSA) is 127 Å². The van der Waals surface area contributed by atoms with Crippen LogP contribution in [0.4, 0.5) is 0 Å². The number of carboxylic acid groups (broad SMARTS) is 2. The second kappa shape index (κ2) is 47.7. The molecule has 0 aliphatic heterocycles. The summed E-state index contributed by atoms with van der Waals surface area (Å²) in [7, 11) is 0. The molecule has 0 aromatic rings. The molecular formula is C40H80N2O4. The summed E-state index contributed by atoms with van der Waals surface area (Å²) in [6.07, 6.45) is 47.2. The first-order valence-corrected chi connectivity index (χ1v) is 19.6. The van der Waals surface area contributed by atoms with E-state index in [1.165, 1.54) is 180 Å². The lowest BCUT2D eigenvalue weighted by atomic mass is 10.1. The lowest BCUT2D eigenvalue weighted by molar-refractivity contribution is -0.143. The van der Waals surface area contributed by atoms with Gasteiger partial charge in [-0.2, -0.15) is 0 Å². The monoisotopic (exact) mass is 653 g/mol. The van der Waals surface area contributed by atoms with Crippen molar-refractivity contribution in [3.8, 4) is 0 Å². The third-order valence-electron chi connectivity index (χ3n) is 7.98. The van der Waals surface area contributed by atoms with E-state index in [9.17, 15) is 9.59 Å². The summed E-state index contributed by atoms with van der Waals surface area (Å²) < 4.78 is 0. The lowest BCUT2D eigenvalue weighted by Crippen LogP contribution is -2.00. The van der Waals surface area contributed by atoms with Crippen LogP contribution < -0.4 is 11.5 Å². The molecule has 6 heteroatoms. The van der Waals surface area contributed by atoms with Crippen molar-refractivity contribution in [2.45, 2.75) is 206 Å². The van der Waals surface area contributed by atoms with Crippen LogP contribution >= 0.6 is 0 Å². The predicted molar refractivity (Wildman–Crippen MR) is 202 cm³/mol. The van der Waals surface area contributed by atoms with Crippen molar-refractivity contribution in [2.24, 2.45) is 11.5 Å². The minimum absolute atomic E-state index is 0.296. The Labute approximate surface area is 286 Å². The van der Waals surface area contributed by atoms with Gasteiger partial charge in [-0.3, -0.25) is 9.59 Å². The van der Waals surface area contributed by atoms with Crippen molar-refractivity contribution in [2.75, 3.05) is 13.1 Å². The zero-order valence-electron chi connectivity index (χ0n) is 30.8. The van der Waals surface area contributed by atoms with Gasteiger partial charge in [0.1, 0.15) is 0 Å². The highest BCUT2D eigenvalue weighted by Gasteiger charge is 2.00. The van der Waals surface area contributed by atoms with Gasteiger partial charge >= 0.3 is 11.9 Å². The Bertz CT molecular complexity index is 583. The summed E-state index contributed by atoms with van der Waals surface area (Å²) in [6.45, 7) is 6.28. The predicted octanol–water partition coefficient (Wildman–Crippen LogP) is 11.9. The minimum atomic E-state index is -1.08. The Morgan fingerprint density at radius 2 is 0.609 bits per heavy atom. The van der Waals surface area contributed by atoms with Crippen LogP contribution in [-0.4, -0.2) is 35.2 Å². The van der Waals surface area contributed by atoms with E-state index in [-0.39, 0.29) is 12.8 Å². The summed E-state index contributed by atoms with van der Waals surface area (Å²) >= 11 is 0. The van der Waals surface area contributed by atoms with E-state index in [0.717, 1.165) is 13.1 Å². The molecule has 0 aliphatic rings. The van der Waals surface area contributed by atoms with E-state index in [1.54, 1.807) is 0 Å². The molecule has 6 nitrogen and oxygen atoms in total. The molecule has 0 heterocycles. The Hall–Kier alpha value is -1.66. The van der Waals surface area contributed by atoms with Crippen molar-refractivity contribution in [1.82, 2.24) is 0 Å². The second-order valence-electron chi connectivity index (χ2n) is 12.7. The van der Waals surface area contributed by atoms with Gasteiger partial charge < -0.3 is 21.7 Å². The highest BCUT2D eigenvalue weighted by atomic mass is 16.4. The maximum absolute atomic E-state index is 9.64. The SMILES string of the molecule is CCCCCCCC/C=C\CCCCCCCCN.CCCCCCCC/C=C\CCCCCCCCN.O=C(O)CCC(=O)O. The van der Waals surface area contributed by atoms with Crippen molar-refractivity contribution >= 4 is 11.9 Å². The molecule has 46 heavy (non-hydrogen) atoms. The summed E-state index contributed by atoms with van der Waals surface area (Å²) in [5.74, 6) is -2.15. The normalized spacial score (nSPS) is 11.0. The van der Waals surface area contributed by atoms with Gasteiger partial charge in [-0.25, -0.2) is 0 Å². The van der Waals surface area contributed by atoms with Crippen LogP contribution in [0.5, 0.6) is 0 Å². The molecule has 0 spiro atoms. The van der Waals surface area contributed by atoms with Crippen molar-refractivity contribution in [3.05, 3.63) is 24.3 Å². The molecule has 0 saturated carbocycles. The standard InChI is InChI=1S/2C18H37N.C4H6O4/c2*1-2-3-4-5-6-7-8-9-10-11-12-13-14-15-16-17-18-19;5-3(6)1-2-4(7)8/h2*9-10H,2-8,11-19H2,1H3;1-2H2,(H,5,6)(H,7,8)/b2*10-9-;. The van der Waals surface area contributed by atoms with E-state index in [2.05, 4.69) is 38.2 Å². The molecule has 0 rings (SSSR count). The van der Waals surface area contributed by atoms with Crippen LogP contribution in [0.15, 0.2) is 24.3 Å². The average molecular weight is 653 g/mol. The van der Waals surface area contributed by atoms with Crippen LogP contribution in [-0.2, 0) is 9.59 Å². The van der Waals surface area contributed by atoms with Crippen LogP contribution in [0.2, 0.25) is 0 Å². The lowest BCUT2D eigenvalue weighted by Gasteiger charge is -1.99. The van der Waals surface area contributed by atoms with Gasteiger partial charge in [0.05, 0.1) is 12.8 Å². The van der Waals surface area contributed by atoms with Gasteiger partial charge in [0.2, 0.25) is 0 Å². The summed E-state index contributed by atoms with van der Waals surface area (Å²) in [6, 6.07) is 0. The molecule has 0 aromatic heterocycles. The molecule has 0 amide bonds. The van der Waals surface area contributed by atoms with Crippen LogP contribution in [0.25, 0.3) is 0 Å². The molecule has 0 unspecified atom stereocenters. The van der Waals surface area contributed by atoms with Gasteiger partial charge in [0.15, 0.2) is 0 Å². The zero-order chi connectivity index (χ0) is 34.6. The molecule has 0 aliphatic carbocycles. The zero-order valence-corrected chi connectivity index (χ0v) is 30.8. The highest BCUT2D eigenvalue weighted by Crippen LogP contribution is 2.11. The molecule has 0 atom stereocenters. The first-order valence-electron chi connectivity index (χ1n) is 19.6. The summed E-state index contributed by atoms with van der Waals surface area (Å²) in [5.41, 5.74) is 10.9. The highest BCUT2D eigenvalue weighted by molar-refractivity contribution is 5.75. The fraction of sp³-hybridized carbons (Fsp3) is 0.850. The van der Waals surface area contributed by atoms with Crippen molar-refractivity contribution < 1.29 is 19.8 Å². The van der Waals surface area contributed by atoms with Crippen LogP contribution in [0, 0.1) is 0 Å². The molecule has 0 aromatic carbocycles. The number of hydrogen-bond acceptors (Lipinski definition) is 4. The smallest absolute Gasteiger partial charge is 0.303 e. The fourth-order valence-electron chi connectivity index (χ4n) is 5.00. The largest absolute Gasteiger partial charge is 0.481 e. The van der Waals surface area contributed by atoms with Crippen LogP contribution in [0.1, 0.15) is 206 Å². The number of carboxylic acids is 2. The average Bonchev–Trinajstić information content (AvgIpc) is 3.04. The quantitative estimate of drug-likeness (QED) is 0.0412. The van der Waals surface area contributed by atoms with Gasteiger partial charge in [-0.15, -0.1) is 0 Å². The summed E-state index contributed by atoms with van der Waals surface area (Å²) in [5, 5.41) is 15.8. The third kappa shape index (κ3) is 57.9. The van der Waals surface area contributed by atoms with Crippen LogP contribution in [0.3, 0.4) is 0 Å². The Morgan fingerprint density at radius 3 is 0.826 bits per heavy atom. The third-order valence-corrected chi connectivity index (χ3v) is 7.98. The van der Waals surface area contributed by atoms with Crippen molar-refractivity contribution in [3.63, 3.8) is 0 Å². The molecule has 6 N–H and O–H groups in total. The number of unbranched alkanes of at least 4 members (excludes halogenated alkanes) is 24. The van der Waals surface area contributed by atoms with Gasteiger partial charge in [0.25, 0.3) is 0 Å². The van der Waals surface area contributed by atoms with Crippen molar-refractivity contribution in [1.29, 1.82) is 0 Å². The molecular weight excluding hydrogens is 572 g/mol. The number of hydrogen-bond donors (Lipinski definition) is 4. The maximum Gasteiger partial charge on any atom is 0.303 e. The molecule has 0 radical (unpaired) electrons. The Balaban J connectivity index is -0.000000653. The number of carbonyl (C=O) groups is 2. The van der Waals surface area contributed by atoms with E-state index < -0.39 is 11.9 Å². The molecule has 0 fully saturated rings. The number of aliphatic carboxylic acids is 2. The van der Waals surface area contributed by atoms with E-state index >= 15 is 0 Å². The number of nitrogens with two attached hydrogens (primary N) is 2.